The van der Waals surface area contributed by atoms with Gasteiger partial charge in [-0.05, 0) is 25.3 Å². The first-order valence-electron chi connectivity index (χ1n) is 5.73. The quantitative estimate of drug-likeness (QED) is 0.844. The van der Waals surface area contributed by atoms with Crippen molar-refractivity contribution < 1.29 is 14.6 Å². The Morgan fingerprint density at radius 1 is 1.25 bits per heavy atom. The first kappa shape index (κ1) is 11.6. The third-order valence-corrected chi connectivity index (χ3v) is 2.95. The Balaban J connectivity index is 2.24. The normalized spacial score (nSPS) is 18.9. The summed E-state index contributed by atoms with van der Waals surface area (Å²) in [7, 11) is 0. The third-order valence-electron chi connectivity index (χ3n) is 2.95. The van der Waals surface area contributed by atoms with Gasteiger partial charge < -0.3 is 14.6 Å². The minimum atomic E-state index is -0.605. The molecule has 0 saturated carbocycles. The van der Waals surface area contributed by atoms with E-state index >= 15 is 0 Å². The number of aliphatic hydroxyl groups is 1. The fourth-order valence-electron chi connectivity index (χ4n) is 2.12. The van der Waals surface area contributed by atoms with Crippen LogP contribution in [0.15, 0.2) is 24.3 Å². The average molecular weight is 222 g/mol. The molecule has 0 radical (unpaired) electrons. The predicted octanol–water partition coefficient (Wildman–Crippen LogP) is 1.83. The van der Waals surface area contributed by atoms with Gasteiger partial charge in [0.25, 0.3) is 0 Å². The van der Waals surface area contributed by atoms with Gasteiger partial charge in [-0.3, -0.25) is 0 Å². The molecule has 1 aromatic carbocycles. The summed E-state index contributed by atoms with van der Waals surface area (Å²) >= 11 is 0. The SMILES string of the molecule is CC1(c2ccccc2CCCO)OCCO1. The molecular weight excluding hydrogens is 204 g/mol. The topological polar surface area (TPSA) is 38.7 Å². The molecule has 0 atom stereocenters. The van der Waals surface area contributed by atoms with Crippen molar-refractivity contribution >= 4 is 0 Å². The Morgan fingerprint density at radius 2 is 1.94 bits per heavy atom. The number of ether oxygens (including phenoxy) is 2. The van der Waals surface area contributed by atoms with Gasteiger partial charge in [-0.1, -0.05) is 24.3 Å². The van der Waals surface area contributed by atoms with E-state index in [9.17, 15) is 0 Å². The van der Waals surface area contributed by atoms with Gasteiger partial charge in [-0.25, -0.2) is 0 Å². The smallest absolute Gasteiger partial charge is 0.192 e. The Kier molecular flexibility index (Phi) is 3.59. The third kappa shape index (κ3) is 2.26. The van der Waals surface area contributed by atoms with E-state index in [-0.39, 0.29) is 6.61 Å². The first-order valence-corrected chi connectivity index (χ1v) is 5.73. The maximum absolute atomic E-state index is 8.89. The molecule has 0 unspecified atom stereocenters. The molecule has 1 N–H and O–H groups in total. The minimum Gasteiger partial charge on any atom is -0.396 e. The number of hydrogen-bond donors (Lipinski definition) is 1. The molecule has 0 aromatic heterocycles. The highest BCUT2D eigenvalue weighted by atomic mass is 16.7. The fourth-order valence-corrected chi connectivity index (χ4v) is 2.12. The molecule has 1 aromatic rings. The monoisotopic (exact) mass is 222 g/mol. The van der Waals surface area contributed by atoms with E-state index in [1.807, 2.05) is 25.1 Å². The van der Waals surface area contributed by atoms with Gasteiger partial charge in [0, 0.05) is 12.2 Å². The Hall–Kier alpha value is -0.900. The molecule has 88 valence electrons. The van der Waals surface area contributed by atoms with Crippen LogP contribution in [0.3, 0.4) is 0 Å². The summed E-state index contributed by atoms with van der Waals surface area (Å²) in [4.78, 5) is 0. The molecule has 0 aliphatic carbocycles. The van der Waals surface area contributed by atoms with Crippen LogP contribution in [-0.4, -0.2) is 24.9 Å². The number of hydrogen-bond acceptors (Lipinski definition) is 3. The van der Waals surface area contributed by atoms with Crippen LogP contribution in [-0.2, 0) is 21.7 Å². The van der Waals surface area contributed by atoms with E-state index in [1.165, 1.54) is 5.56 Å². The van der Waals surface area contributed by atoms with Crippen molar-refractivity contribution in [2.75, 3.05) is 19.8 Å². The highest BCUT2D eigenvalue weighted by Crippen LogP contribution is 2.33. The van der Waals surface area contributed by atoms with Gasteiger partial charge in [-0.15, -0.1) is 0 Å². The molecule has 1 aliphatic heterocycles. The lowest BCUT2D eigenvalue weighted by molar-refractivity contribution is -0.150. The lowest BCUT2D eigenvalue weighted by atomic mass is 9.97. The molecule has 0 amide bonds. The zero-order valence-corrected chi connectivity index (χ0v) is 9.61. The summed E-state index contributed by atoms with van der Waals surface area (Å²) in [5.41, 5.74) is 2.28. The van der Waals surface area contributed by atoms with Crippen molar-refractivity contribution in [1.29, 1.82) is 0 Å². The second kappa shape index (κ2) is 4.95. The van der Waals surface area contributed by atoms with Gasteiger partial charge in [0.1, 0.15) is 0 Å². The zero-order chi connectivity index (χ0) is 11.4. The van der Waals surface area contributed by atoms with Gasteiger partial charge >= 0.3 is 0 Å². The Bertz CT molecular complexity index is 343. The predicted molar refractivity (Wildman–Crippen MR) is 61.1 cm³/mol. The Morgan fingerprint density at radius 3 is 2.62 bits per heavy atom. The van der Waals surface area contributed by atoms with Crippen molar-refractivity contribution in [2.24, 2.45) is 0 Å². The first-order chi connectivity index (χ1) is 7.76. The fraction of sp³-hybridized carbons (Fsp3) is 0.538. The second-order valence-corrected chi connectivity index (χ2v) is 4.13. The summed E-state index contributed by atoms with van der Waals surface area (Å²) in [5, 5.41) is 8.89. The van der Waals surface area contributed by atoms with Crippen LogP contribution in [0.2, 0.25) is 0 Å². The lowest BCUT2D eigenvalue weighted by Gasteiger charge is -2.25. The molecule has 0 spiro atoms. The molecule has 16 heavy (non-hydrogen) atoms. The molecule has 1 saturated heterocycles. The van der Waals surface area contributed by atoms with Crippen LogP contribution in [0, 0.1) is 0 Å². The van der Waals surface area contributed by atoms with E-state index in [0.717, 1.165) is 18.4 Å². The molecule has 0 bridgehead atoms. The average Bonchev–Trinajstić information content (AvgIpc) is 2.75. The highest BCUT2D eigenvalue weighted by Gasteiger charge is 2.34. The van der Waals surface area contributed by atoms with Gasteiger partial charge in [0.2, 0.25) is 0 Å². The van der Waals surface area contributed by atoms with Crippen molar-refractivity contribution in [3.05, 3.63) is 35.4 Å². The second-order valence-electron chi connectivity index (χ2n) is 4.13. The molecule has 2 rings (SSSR count). The van der Waals surface area contributed by atoms with Gasteiger partial charge in [-0.2, -0.15) is 0 Å². The molecule has 1 heterocycles. The molecule has 1 aliphatic rings. The van der Waals surface area contributed by atoms with Crippen LogP contribution in [0.25, 0.3) is 0 Å². The van der Waals surface area contributed by atoms with Crippen molar-refractivity contribution in [1.82, 2.24) is 0 Å². The van der Waals surface area contributed by atoms with Crippen molar-refractivity contribution in [2.45, 2.75) is 25.6 Å². The standard InChI is InChI=1S/C13H18O3/c1-13(15-9-10-16-13)12-7-3-2-5-11(12)6-4-8-14/h2-3,5,7,14H,4,6,8-10H2,1H3. The number of aryl methyl sites for hydroxylation is 1. The summed E-state index contributed by atoms with van der Waals surface area (Å²) in [6.45, 7) is 3.46. The van der Waals surface area contributed by atoms with Crippen LogP contribution < -0.4 is 0 Å². The van der Waals surface area contributed by atoms with E-state index in [1.54, 1.807) is 0 Å². The zero-order valence-electron chi connectivity index (χ0n) is 9.61. The van der Waals surface area contributed by atoms with Crippen molar-refractivity contribution in [3.63, 3.8) is 0 Å². The van der Waals surface area contributed by atoms with E-state index in [4.69, 9.17) is 14.6 Å². The van der Waals surface area contributed by atoms with Crippen LogP contribution in [0.5, 0.6) is 0 Å². The summed E-state index contributed by atoms with van der Waals surface area (Å²) in [6, 6.07) is 8.11. The number of benzene rings is 1. The molecular formula is C13H18O3. The largest absolute Gasteiger partial charge is 0.396 e. The maximum atomic E-state index is 8.89. The summed E-state index contributed by atoms with van der Waals surface area (Å²) in [6.07, 6.45) is 1.63. The molecule has 3 heteroatoms. The molecule has 3 nitrogen and oxygen atoms in total. The van der Waals surface area contributed by atoms with Crippen LogP contribution in [0.4, 0.5) is 0 Å². The number of aliphatic hydroxyl groups excluding tert-OH is 1. The van der Waals surface area contributed by atoms with Gasteiger partial charge in [0.15, 0.2) is 5.79 Å². The lowest BCUT2D eigenvalue weighted by Crippen LogP contribution is -2.24. The van der Waals surface area contributed by atoms with Gasteiger partial charge in [0.05, 0.1) is 13.2 Å². The summed E-state index contributed by atoms with van der Waals surface area (Å²) in [5.74, 6) is -0.605. The summed E-state index contributed by atoms with van der Waals surface area (Å²) < 4.78 is 11.3. The van der Waals surface area contributed by atoms with Crippen LogP contribution in [0.1, 0.15) is 24.5 Å². The maximum Gasteiger partial charge on any atom is 0.192 e. The highest BCUT2D eigenvalue weighted by molar-refractivity contribution is 5.31. The Labute approximate surface area is 96.0 Å². The number of rotatable bonds is 4. The minimum absolute atomic E-state index is 0.215. The van der Waals surface area contributed by atoms with Crippen molar-refractivity contribution in [3.8, 4) is 0 Å². The van der Waals surface area contributed by atoms with E-state index in [0.29, 0.717) is 13.2 Å². The van der Waals surface area contributed by atoms with E-state index < -0.39 is 5.79 Å². The van der Waals surface area contributed by atoms with E-state index in [2.05, 4.69) is 6.07 Å². The molecule has 1 fully saturated rings. The van der Waals surface area contributed by atoms with Crippen LogP contribution >= 0.6 is 0 Å².